The molecule has 1 atom stereocenters. The maximum absolute atomic E-state index is 5.67. The zero-order chi connectivity index (χ0) is 9.10. The lowest BCUT2D eigenvalue weighted by molar-refractivity contribution is 0.211. The molecule has 1 N–H and O–H groups in total. The van der Waals surface area contributed by atoms with E-state index in [9.17, 15) is 0 Å². The third-order valence-electron chi connectivity index (χ3n) is 2.13. The normalized spacial score (nSPS) is 21.8. The summed E-state index contributed by atoms with van der Waals surface area (Å²) >= 11 is 0. The van der Waals surface area contributed by atoms with Crippen LogP contribution in [-0.4, -0.2) is 29.2 Å². The van der Waals surface area contributed by atoms with Gasteiger partial charge in [-0.15, -0.1) is 0 Å². The van der Waals surface area contributed by atoms with Crippen LogP contribution in [0.4, 0.5) is 0 Å². The van der Waals surface area contributed by atoms with Crippen LogP contribution in [0.5, 0.6) is 5.88 Å². The number of rotatable bonds is 2. The van der Waals surface area contributed by atoms with Gasteiger partial charge in [0.15, 0.2) is 0 Å². The summed E-state index contributed by atoms with van der Waals surface area (Å²) in [7, 11) is 0. The highest BCUT2D eigenvalue weighted by atomic mass is 16.5. The van der Waals surface area contributed by atoms with Gasteiger partial charge in [-0.2, -0.15) is 0 Å². The van der Waals surface area contributed by atoms with E-state index < -0.39 is 0 Å². The number of ether oxygens (including phenoxy) is 1. The molecular formula is C9H13N3O. The van der Waals surface area contributed by atoms with Gasteiger partial charge in [0.2, 0.25) is 5.88 Å². The van der Waals surface area contributed by atoms with Crippen LogP contribution in [0.3, 0.4) is 0 Å². The lowest BCUT2D eigenvalue weighted by Crippen LogP contribution is -2.20. The van der Waals surface area contributed by atoms with Gasteiger partial charge in [0, 0.05) is 18.9 Å². The molecule has 2 heterocycles. The molecule has 0 saturated carbocycles. The van der Waals surface area contributed by atoms with Gasteiger partial charge in [0.05, 0.1) is 5.69 Å². The number of aromatic nitrogens is 2. The van der Waals surface area contributed by atoms with Gasteiger partial charge in [0.25, 0.3) is 0 Å². The second-order valence-corrected chi connectivity index (χ2v) is 3.18. The molecule has 0 aromatic carbocycles. The number of hydrogen-bond acceptors (Lipinski definition) is 4. The SMILES string of the molecule is Cc1nccnc1O[C@H]1CCNC1. The molecule has 4 nitrogen and oxygen atoms in total. The van der Waals surface area contributed by atoms with Crippen molar-refractivity contribution in [3.63, 3.8) is 0 Å². The van der Waals surface area contributed by atoms with Crippen LogP contribution < -0.4 is 10.1 Å². The summed E-state index contributed by atoms with van der Waals surface area (Å²) in [6, 6.07) is 0. The minimum absolute atomic E-state index is 0.260. The van der Waals surface area contributed by atoms with E-state index >= 15 is 0 Å². The first-order valence-electron chi connectivity index (χ1n) is 4.51. The van der Waals surface area contributed by atoms with Crippen LogP contribution in [0.15, 0.2) is 12.4 Å². The fraction of sp³-hybridized carbons (Fsp3) is 0.556. The summed E-state index contributed by atoms with van der Waals surface area (Å²) < 4.78 is 5.67. The molecule has 1 fully saturated rings. The Hall–Kier alpha value is -1.16. The second-order valence-electron chi connectivity index (χ2n) is 3.18. The van der Waals surface area contributed by atoms with E-state index in [2.05, 4.69) is 15.3 Å². The zero-order valence-electron chi connectivity index (χ0n) is 7.66. The third kappa shape index (κ3) is 1.95. The summed E-state index contributed by atoms with van der Waals surface area (Å²) in [5.41, 5.74) is 0.856. The Kier molecular flexibility index (Phi) is 2.40. The number of nitrogens with zero attached hydrogens (tertiary/aromatic N) is 2. The molecule has 0 spiro atoms. The Morgan fingerprint density at radius 3 is 3.00 bits per heavy atom. The molecule has 1 aromatic rings. The van der Waals surface area contributed by atoms with Crippen molar-refractivity contribution in [1.82, 2.24) is 15.3 Å². The topological polar surface area (TPSA) is 47.0 Å². The molecule has 0 amide bonds. The van der Waals surface area contributed by atoms with Gasteiger partial charge in [0.1, 0.15) is 6.10 Å². The van der Waals surface area contributed by atoms with Crippen molar-refractivity contribution in [2.75, 3.05) is 13.1 Å². The summed E-state index contributed by atoms with van der Waals surface area (Å²) in [5, 5.41) is 3.24. The molecule has 1 saturated heterocycles. The molecule has 0 bridgehead atoms. The van der Waals surface area contributed by atoms with E-state index in [1.807, 2.05) is 6.92 Å². The van der Waals surface area contributed by atoms with Crippen LogP contribution in [-0.2, 0) is 0 Å². The van der Waals surface area contributed by atoms with Gasteiger partial charge in [-0.1, -0.05) is 0 Å². The molecule has 0 unspecified atom stereocenters. The predicted molar refractivity (Wildman–Crippen MR) is 48.7 cm³/mol. The van der Waals surface area contributed by atoms with Crippen molar-refractivity contribution in [2.24, 2.45) is 0 Å². The standard InChI is InChI=1S/C9H13N3O/c1-7-9(12-5-4-11-7)13-8-2-3-10-6-8/h4-5,8,10H,2-3,6H2,1H3/t8-/m0/s1. The summed E-state index contributed by atoms with van der Waals surface area (Å²) in [6.07, 6.45) is 4.64. The third-order valence-corrected chi connectivity index (χ3v) is 2.13. The van der Waals surface area contributed by atoms with Crippen molar-refractivity contribution in [2.45, 2.75) is 19.4 Å². The van der Waals surface area contributed by atoms with E-state index in [0.29, 0.717) is 5.88 Å². The molecule has 1 aromatic heterocycles. The molecular weight excluding hydrogens is 166 g/mol. The largest absolute Gasteiger partial charge is 0.472 e. The lowest BCUT2D eigenvalue weighted by atomic mass is 10.3. The second kappa shape index (κ2) is 3.70. The first kappa shape index (κ1) is 8.44. The van der Waals surface area contributed by atoms with Crippen LogP contribution in [0.2, 0.25) is 0 Å². The first-order valence-corrected chi connectivity index (χ1v) is 4.51. The Labute approximate surface area is 77.4 Å². The highest BCUT2D eigenvalue weighted by Gasteiger charge is 2.17. The van der Waals surface area contributed by atoms with Gasteiger partial charge in [-0.3, -0.25) is 4.98 Å². The number of hydrogen-bond donors (Lipinski definition) is 1. The van der Waals surface area contributed by atoms with Gasteiger partial charge in [-0.25, -0.2) is 4.98 Å². The van der Waals surface area contributed by atoms with E-state index in [-0.39, 0.29) is 6.10 Å². The molecule has 13 heavy (non-hydrogen) atoms. The number of nitrogens with one attached hydrogen (secondary N) is 1. The minimum atomic E-state index is 0.260. The van der Waals surface area contributed by atoms with Crippen molar-refractivity contribution in [3.05, 3.63) is 18.1 Å². The Bertz CT molecular complexity index is 284. The smallest absolute Gasteiger partial charge is 0.235 e. The Morgan fingerprint density at radius 1 is 1.46 bits per heavy atom. The van der Waals surface area contributed by atoms with Crippen molar-refractivity contribution in [1.29, 1.82) is 0 Å². The minimum Gasteiger partial charge on any atom is -0.472 e. The predicted octanol–water partition coefficient (Wildman–Crippen LogP) is 0.526. The maximum Gasteiger partial charge on any atom is 0.235 e. The number of aryl methyl sites for hydroxylation is 1. The van der Waals surface area contributed by atoms with Crippen LogP contribution in [0.1, 0.15) is 12.1 Å². The molecule has 1 aliphatic rings. The highest BCUT2D eigenvalue weighted by molar-refractivity contribution is 5.15. The summed E-state index contributed by atoms with van der Waals surface area (Å²) in [6.45, 7) is 3.85. The zero-order valence-corrected chi connectivity index (χ0v) is 7.66. The Balaban J connectivity index is 2.04. The van der Waals surface area contributed by atoms with E-state index in [0.717, 1.165) is 25.2 Å². The van der Waals surface area contributed by atoms with E-state index in [1.54, 1.807) is 12.4 Å². The van der Waals surface area contributed by atoms with E-state index in [4.69, 9.17) is 4.74 Å². The first-order chi connectivity index (χ1) is 6.36. The average molecular weight is 179 g/mol. The van der Waals surface area contributed by atoms with Crippen LogP contribution >= 0.6 is 0 Å². The van der Waals surface area contributed by atoms with E-state index in [1.165, 1.54) is 0 Å². The molecule has 4 heteroatoms. The average Bonchev–Trinajstić information content (AvgIpc) is 2.61. The summed E-state index contributed by atoms with van der Waals surface area (Å²) in [4.78, 5) is 8.24. The van der Waals surface area contributed by atoms with Gasteiger partial charge >= 0.3 is 0 Å². The fourth-order valence-corrected chi connectivity index (χ4v) is 1.40. The van der Waals surface area contributed by atoms with Crippen molar-refractivity contribution in [3.8, 4) is 5.88 Å². The van der Waals surface area contributed by atoms with Crippen molar-refractivity contribution >= 4 is 0 Å². The molecule has 70 valence electrons. The van der Waals surface area contributed by atoms with Gasteiger partial charge in [-0.05, 0) is 19.9 Å². The van der Waals surface area contributed by atoms with Crippen LogP contribution in [0, 0.1) is 6.92 Å². The molecule has 1 aliphatic heterocycles. The maximum atomic E-state index is 5.67. The summed E-state index contributed by atoms with van der Waals surface area (Å²) in [5.74, 6) is 0.663. The molecule has 0 aliphatic carbocycles. The molecule has 2 rings (SSSR count). The highest BCUT2D eigenvalue weighted by Crippen LogP contribution is 2.14. The molecule has 0 radical (unpaired) electrons. The van der Waals surface area contributed by atoms with Crippen molar-refractivity contribution < 1.29 is 4.74 Å². The fourth-order valence-electron chi connectivity index (χ4n) is 1.40. The quantitative estimate of drug-likeness (QED) is 0.719. The lowest BCUT2D eigenvalue weighted by Gasteiger charge is -2.11. The van der Waals surface area contributed by atoms with Crippen LogP contribution in [0.25, 0.3) is 0 Å². The monoisotopic (exact) mass is 179 g/mol. The van der Waals surface area contributed by atoms with Gasteiger partial charge < -0.3 is 10.1 Å². The Morgan fingerprint density at radius 2 is 2.31 bits per heavy atom.